The van der Waals surface area contributed by atoms with Crippen molar-refractivity contribution in [2.45, 2.75) is 13.0 Å². The number of rotatable bonds is 4. The topological polar surface area (TPSA) is 69.0 Å². The van der Waals surface area contributed by atoms with Crippen LogP contribution in [0, 0.1) is 0 Å². The lowest BCUT2D eigenvalue weighted by Crippen LogP contribution is -2.26. The predicted octanol–water partition coefficient (Wildman–Crippen LogP) is 1.24. The Morgan fingerprint density at radius 3 is 2.44 bits per heavy atom. The third-order valence-electron chi connectivity index (χ3n) is 2.51. The molecule has 1 atom stereocenters. The van der Waals surface area contributed by atoms with Gasteiger partial charge in [-0.05, 0) is 31.2 Å². The van der Waals surface area contributed by atoms with Gasteiger partial charge in [0.25, 0.3) is 5.91 Å². The summed E-state index contributed by atoms with van der Waals surface area (Å²) >= 11 is 0. The summed E-state index contributed by atoms with van der Waals surface area (Å²) in [7, 11) is 1.50. The summed E-state index contributed by atoms with van der Waals surface area (Å²) in [4.78, 5) is 13.1. The molecule has 1 N–H and O–H groups in total. The molecular weight excluding hydrogens is 232 g/mol. The Labute approximate surface area is 105 Å². The van der Waals surface area contributed by atoms with Crippen molar-refractivity contribution in [3.63, 3.8) is 0 Å². The molecule has 2 aromatic rings. The number of anilines is 1. The van der Waals surface area contributed by atoms with E-state index in [0.29, 0.717) is 5.69 Å². The van der Waals surface area contributed by atoms with Crippen LogP contribution in [0.1, 0.15) is 6.92 Å². The van der Waals surface area contributed by atoms with Crippen LogP contribution in [0.3, 0.4) is 0 Å². The SMILES string of the molecule is COC(C)C(=O)Nc1ccc(-n2nccn2)cc1. The maximum Gasteiger partial charge on any atom is 0.253 e. The van der Waals surface area contributed by atoms with Crippen molar-refractivity contribution in [1.29, 1.82) is 0 Å². The molecule has 1 aromatic carbocycles. The minimum Gasteiger partial charge on any atom is -0.372 e. The number of aromatic nitrogens is 3. The summed E-state index contributed by atoms with van der Waals surface area (Å²) < 4.78 is 4.93. The van der Waals surface area contributed by atoms with Crippen molar-refractivity contribution in [3.05, 3.63) is 36.7 Å². The number of hydrogen-bond acceptors (Lipinski definition) is 4. The van der Waals surface area contributed by atoms with Crippen LogP contribution in [-0.4, -0.2) is 34.1 Å². The Balaban J connectivity index is 2.06. The minimum absolute atomic E-state index is 0.178. The van der Waals surface area contributed by atoms with E-state index in [0.717, 1.165) is 5.69 Å². The maximum absolute atomic E-state index is 11.6. The van der Waals surface area contributed by atoms with Gasteiger partial charge < -0.3 is 10.1 Å². The smallest absolute Gasteiger partial charge is 0.253 e. The van der Waals surface area contributed by atoms with E-state index in [1.54, 1.807) is 31.5 Å². The fourth-order valence-corrected chi connectivity index (χ4v) is 1.38. The van der Waals surface area contributed by atoms with Crippen molar-refractivity contribution in [2.24, 2.45) is 0 Å². The number of nitrogens with zero attached hydrogens (tertiary/aromatic N) is 3. The molecule has 0 radical (unpaired) electrons. The molecule has 18 heavy (non-hydrogen) atoms. The first-order valence-corrected chi connectivity index (χ1v) is 5.51. The Morgan fingerprint density at radius 2 is 1.89 bits per heavy atom. The molecule has 0 aliphatic carbocycles. The standard InChI is InChI=1S/C12H14N4O2/c1-9(18-2)12(17)15-10-3-5-11(6-4-10)16-13-7-8-14-16/h3-9H,1-2H3,(H,15,17). The molecule has 1 unspecified atom stereocenters. The summed E-state index contributed by atoms with van der Waals surface area (Å²) in [6.45, 7) is 1.69. The average molecular weight is 246 g/mol. The number of nitrogens with one attached hydrogen (secondary N) is 1. The van der Waals surface area contributed by atoms with E-state index in [1.807, 2.05) is 12.1 Å². The molecule has 94 valence electrons. The summed E-state index contributed by atoms with van der Waals surface area (Å²) in [5.74, 6) is -0.178. The number of carbonyl (C=O) groups is 1. The van der Waals surface area contributed by atoms with Gasteiger partial charge in [-0.15, -0.1) is 0 Å². The fraction of sp³-hybridized carbons (Fsp3) is 0.250. The molecule has 0 bridgehead atoms. The van der Waals surface area contributed by atoms with E-state index < -0.39 is 6.10 Å². The second-order valence-electron chi connectivity index (χ2n) is 3.73. The number of carbonyl (C=O) groups excluding carboxylic acids is 1. The second kappa shape index (κ2) is 5.42. The van der Waals surface area contributed by atoms with Gasteiger partial charge in [0.15, 0.2) is 0 Å². The Bertz CT molecular complexity index is 507. The van der Waals surface area contributed by atoms with Crippen LogP contribution < -0.4 is 5.32 Å². The van der Waals surface area contributed by atoms with E-state index in [2.05, 4.69) is 15.5 Å². The van der Waals surface area contributed by atoms with E-state index in [4.69, 9.17) is 4.74 Å². The summed E-state index contributed by atoms with van der Waals surface area (Å²) in [6.07, 6.45) is 2.74. The molecule has 0 fully saturated rings. The number of methoxy groups -OCH3 is 1. The van der Waals surface area contributed by atoms with Gasteiger partial charge >= 0.3 is 0 Å². The van der Waals surface area contributed by atoms with Crippen LogP contribution in [-0.2, 0) is 9.53 Å². The molecule has 0 aliphatic heterocycles. The molecule has 0 saturated heterocycles. The Kier molecular flexibility index (Phi) is 3.69. The van der Waals surface area contributed by atoms with E-state index in [1.165, 1.54) is 11.9 Å². The maximum atomic E-state index is 11.6. The van der Waals surface area contributed by atoms with E-state index in [-0.39, 0.29) is 5.91 Å². The van der Waals surface area contributed by atoms with Crippen molar-refractivity contribution in [3.8, 4) is 5.69 Å². The third-order valence-corrected chi connectivity index (χ3v) is 2.51. The van der Waals surface area contributed by atoms with Crippen molar-refractivity contribution < 1.29 is 9.53 Å². The average Bonchev–Trinajstić information content (AvgIpc) is 2.92. The van der Waals surface area contributed by atoms with Crippen molar-refractivity contribution >= 4 is 11.6 Å². The molecule has 6 nitrogen and oxygen atoms in total. The zero-order chi connectivity index (χ0) is 13.0. The number of ether oxygens (including phenoxy) is 1. The van der Waals surface area contributed by atoms with Crippen LogP contribution in [0.25, 0.3) is 5.69 Å². The van der Waals surface area contributed by atoms with Crippen LogP contribution in [0.2, 0.25) is 0 Å². The first-order chi connectivity index (χ1) is 8.70. The van der Waals surface area contributed by atoms with Gasteiger partial charge in [0.1, 0.15) is 6.10 Å². The summed E-state index contributed by atoms with van der Waals surface area (Å²) in [5.41, 5.74) is 1.54. The molecule has 1 aromatic heterocycles. The lowest BCUT2D eigenvalue weighted by molar-refractivity contribution is -0.124. The zero-order valence-electron chi connectivity index (χ0n) is 10.2. The summed E-state index contributed by atoms with van der Waals surface area (Å²) in [5, 5.41) is 10.8. The van der Waals surface area contributed by atoms with E-state index >= 15 is 0 Å². The van der Waals surface area contributed by atoms with Gasteiger partial charge in [-0.3, -0.25) is 4.79 Å². The molecule has 1 amide bonds. The van der Waals surface area contributed by atoms with Gasteiger partial charge in [-0.25, -0.2) is 0 Å². The fourth-order valence-electron chi connectivity index (χ4n) is 1.38. The van der Waals surface area contributed by atoms with Crippen LogP contribution in [0.4, 0.5) is 5.69 Å². The molecule has 0 aliphatic rings. The van der Waals surface area contributed by atoms with Crippen LogP contribution in [0.15, 0.2) is 36.7 Å². The molecule has 1 heterocycles. The van der Waals surface area contributed by atoms with Crippen molar-refractivity contribution in [1.82, 2.24) is 15.0 Å². The highest BCUT2D eigenvalue weighted by atomic mass is 16.5. The quantitative estimate of drug-likeness (QED) is 0.881. The van der Waals surface area contributed by atoms with E-state index in [9.17, 15) is 4.79 Å². The van der Waals surface area contributed by atoms with Crippen LogP contribution >= 0.6 is 0 Å². The zero-order valence-corrected chi connectivity index (χ0v) is 10.2. The van der Waals surface area contributed by atoms with Crippen LogP contribution in [0.5, 0.6) is 0 Å². The lowest BCUT2D eigenvalue weighted by Gasteiger charge is -2.10. The summed E-state index contributed by atoms with van der Waals surface area (Å²) in [6, 6.07) is 7.23. The highest BCUT2D eigenvalue weighted by molar-refractivity contribution is 5.93. The van der Waals surface area contributed by atoms with Gasteiger partial charge in [0, 0.05) is 12.8 Å². The first kappa shape index (κ1) is 12.3. The van der Waals surface area contributed by atoms with Gasteiger partial charge in [0.2, 0.25) is 0 Å². The largest absolute Gasteiger partial charge is 0.372 e. The lowest BCUT2D eigenvalue weighted by atomic mass is 10.2. The third kappa shape index (κ3) is 2.72. The molecular formula is C12H14N4O2. The normalized spacial score (nSPS) is 12.1. The first-order valence-electron chi connectivity index (χ1n) is 5.51. The second-order valence-corrected chi connectivity index (χ2v) is 3.73. The molecule has 2 rings (SSSR count). The molecule has 6 heteroatoms. The highest BCUT2D eigenvalue weighted by Crippen LogP contribution is 2.12. The van der Waals surface area contributed by atoms with Gasteiger partial charge in [0.05, 0.1) is 18.1 Å². The minimum atomic E-state index is -0.475. The Hall–Kier alpha value is -2.21. The molecule has 0 saturated carbocycles. The predicted molar refractivity (Wildman–Crippen MR) is 66.5 cm³/mol. The monoisotopic (exact) mass is 246 g/mol. The highest BCUT2D eigenvalue weighted by Gasteiger charge is 2.11. The Morgan fingerprint density at radius 1 is 1.28 bits per heavy atom. The van der Waals surface area contributed by atoms with Gasteiger partial charge in [-0.1, -0.05) is 0 Å². The van der Waals surface area contributed by atoms with Gasteiger partial charge in [-0.2, -0.15) is 15.0 Å². The number of benzene rings is 1. The molecule has 0 spiro atoms. The van der Waals surface area contributed by atoms with Crippen molar-refractivity contribution in [2.75, 3.05) is 12.4 Å². The number of hydrogen-bond donors (Lipinski definition) is 1. The number of amides is 1.